The fraction of sp³-hybridized carbons (Fsp3) is 0.917. The average Bonchev–Trinajstić information content (AvgIpc) is 2.38. The van der Waals surface area contributed by atoms with Crippen molar-refractivity contribution in [2.45, 2.75) is 32.9 Å². The van der Waals surface area contributed by atoms with E-state index >= 15 is 0 Å². The van der Waals surface area contributed by atoms with Gasteiger partial charge >= 0.3 is 5.97 Å². The van der Waals surface area contributed by atoms with Crippen molar-refractivity contribution in [3.8, 4) is 0 Å². The van der Waals surface area contributed by atoms with Crippen LogP contribution in [0, 0.1) is 0 Å². The summed E-state index contributed by atoms with van der Waals surface area (Å²) in [4.78, 5) is 11.8. The first kappa shape index (κ1) is 17.4. The molecule has 1 heterocycles. The second-order valence-electron chi connectivity index (χ2n) is 4.82. The van der Waals surface area contributed by atoms with Crippen molar-refractivity contribution < 1.29 is 22.7 Å². The highest BCUT2D eigenvalue weighted by Crippen LogP contribution is 2.12. The molecule has 0 aromatic rings. The van der Waals surface area contributed by atoms with Gasteiger partial charge in [-0.15, -0.1) is 0 Å². The predicted molar refractivity (Wildman–Crippen MR) is 74.9 cm³/mol. The van der Waals surface area contributed by atoms with Crippen LogP contribution in [0.15, 0.2) is 0 Å². The van der Waals surface area contributed by atoms with Crippen molar-refractivity contribution in [1.82, 2.24) is 9.62 Å². The molecule has 1 atom stereocenters. The third kappa shape index (κ3) is 5.01. The number of carbonyl (C=O) groups is 1. The Morgan fingerprint density at radius 1 is 1.45 bits per heavy atom. The lowest BCUT2D eigenvalue weighted by Crippen LogP contribution is -2.58. The quantitative estimate of drug-likeness (QED) is 0.643. The first-order chi connectivity index (χ1) is 9.38. The summed E-state index contributed by atoms with van der Waals surface area (Å²) < 4.78 is 36.0. The molecular weight excluding hydrogens is 284 g/mol. The predicted octanol–water partition coefficient (Wildman–Crippen LogP) is -0.422. The average molecular weight is 308 g/mol. The number of nitrogens with zero attached hydrogens (tertiary/aromatic N) is 1. The standard InChI is InChI=1S/C12H24N2O5S/c1-4-18-12(15)11-9-13-5-6-14(11)20(16,17)8-7-19-10(2)3/h10-11,13H,4-9H2,1-3H3. The summed E-state index contributed by atoms with van der Waals surface area (Å²) in [5.74, 6) is -0.630. The molecule has 0 amide bonds. The zero-order valence-corrected chi connectivity index (χ0v) is 13.1. The van der Waals surface area contributed by atoms with Gasteiger partial charge in [0.15, 0.2) is 0 Å². The highest BCUT2D eigenvalue weighted by Gasteiger charge is 2.37. The number of rotatable bonds is 7. The van der Waals surface area contributed by atoms with E-state index in [1.54, 1.807) is 6.92 Å². The molecule has 1 fully saturated rings. The Balaban J connectivity index is 2.70. The lowest BCUT2D eigenvalue weighted by molar-refractivity contribution is -0.148. The first-order valence-corrected chi connectivity index (χ1v) is 8.48. The molecule has 1 N–H and O–H groups in total. The van der Waals surface area contributed by atoms with E-state index in [2.05, 4.69) is 5.32 Å². The molecule has 1 unspecified atom stereocenters. The SMILES string of the molecule is CCOC(=O)C1CNCCN1S(=O)(=O)CCOC(C)C. The summed E-state index contributed by atoms with van der Waals surface area (Å²) in [6.07, 6.45) is -0.0194. The van der Waals surface area contributed by atoms with E-state index in [1.165, 1.54) is 4.31 Å². The Morgan fingerprint density at radius 2 is 2.15 bits per heavy atom. The minimum atomic E-state index is -3.52. The van der Waals surface area contributed by atoms with Gasteiger partial charge in [-0.25, -0.2) is 8.42 Å². The second kappa shape index (κ2) is 7.92. The molecule has 1 aliphatic heterocycles. The zero-order chi connectivity index (χ0) is 15.2. The Bertz CT molecular complexity index is 410. The Hall–Kier alpha value is -0.700. The van der Waals surface area contributed by atoms with Gasteiger partial charge < -0.3 is 14.8 Å². The Labute approximate surface area is 120 Å². The Kier molecular flexibility index (Phi) is 6.87. The van der Waals surface area contributed by atoms with Gasteiger partial charge in [0, 0.05) is 19.6 Å². The lowest BCUT2D eigenvalue weighted by atomic mass is 10.2. The molecule has 0 aromatic heterocycles. The molecule has 0 spiro atoms. The summed E-state index contributed by atoms with van der Waals surface area (Å²) in [6, 6.07) is -0.784. The van der Waals surface area contributed by atoms with Crippen LogP contribution in [0.2, 0.25) is 0 Å². The smallest absolute Gasteiger partial charge is 0.325 e. The molecule has 1 aliphatic rings. The fourth-order valence-electron chi connectivity index (χ4n) is 1.96. The normalized spacial score (nSPS) is 21.1. The van der Waals surface area contributed by atoms with Crippen LogP contribution >= 0.6 is 0 Å². The number of hydrogen-bond donors (Lipinski definition) is 1. The zero-order valence-electron chi connectivity index (χ0n) is 12.3. The van der Waals surface area contributed by atoms with Gasteiger partial charge in [-0.05, 0) is 20.8 Å². The molecule has 7 nitrogen and oxygen atoms in total. The van der Waals surface area contributed by atoms with E-state index in [0.29, 0.717) is 6.54 Å². The van der Waals surface area contributed by atoms with Crippen molar-refractivity contribution in [2.24, 2.45) is 0 Å². The minimum absolute atomic E-state index is 0.0194. The molecule has 0 bridgehead atoms. The number of nitrogens with one attached hydrogen (secondary N) is 1. The van der Waals surface area contributed by atoms with E-state index in [1.807, 2.05) is 13.8 Å². The summed E-state index contributed by atoms with van der Waals surface area (Å²) >= 11 is 0. The van der Waals surface area contributed by atoms with Gasteiger partial charge in [-0.2, -0.15) is 4.31 Å². The molecule has 0 aliphatic carbocycles. The van der Waals surface area contributed by atoms with Crippen LogP contribution in [-0.2, 0) is 24.3 Å². The monoisotopic (exact) mass is 308 g/mol. The minimum Gasteiger partial charge on any atom is -0.465 e. The van der Waals surface area contributed by atoms with E-state index in [0.717, 1.165) is 0 Å². The van der Waals surface area contributed by atoms with Gasteiger partial charge in [0.1, 0.15) is 6.04 Å². The third-order valence-electron chi connectivity index (χ3n) is 2.90. The molecule has 0 aromatic carbocycles. The van der Waals surface area contributed by atoms with Crippen LogP contribution in [0.25, 0.3) is 0 Å². The van der Waals surface area contributed by atoms with E-state index < -0.39 is 22.0 Å². The second-order valence-corrected chi connectivity index (χ2v) is 6.86. The van der Waals surface area contributed by atoms with Crippen LogP contribution in [0.5, 0.6) is 0 Å². The van der Waals surface area contributed by atoms with Gasteiger partial charge in [-0.3, -0.25) is 4.79 Å². The maximum Gasteiger partial charge on any atom is 0.325 e. The summed E-state index contributed by atoms with van der Waals surface area (Å²) in [5.41, 5.74) is 0. The number of esters is 1. The Morgan fingerprint density at radius 3 is 2.75 bits per heavy atom. The largest absolute Gasteiger partial charge is 0.465 e. The van der Waals surface area contributed by atoms with Crippen molar-refractivity contribution in [1.29, 1.82) is 0 Å². The number of carbonyl (C=O) groups excluding carboxylic acids is 1. The summed E-state index contributed by atoms with van der Waals surface area (Å²) in [7, 11) is -3.52. The maximum atomic E-state index is 12.3. The van der Waals surface area contributed by atoms with Gasteiger partial charge in [0.2, 0.25) is 10.0 Å². The van der Waals surface area contributed by atoms with Crippen molar-refractivity contribution in [2.75, 3.05) is 38.6 Å². The van der Waals surface area contributed by atoms with E-state index in [-0.39, 0.29) is 38.2 Å². The first-order valence-electron chi connectivity index (χ1n) is 6.87. The highest BCUT2D eigenvalue weighted by atomic mass is 32.2. The third-order valence-corrected chi connectivity index (χ3v) is 4.74. The fourth-order valence-corrected chi connectivity index (χ4v) is 3.42. The van der Waals surface area contributed by atoms with Crippen molar-refractivity contribution in [3.63, 3.8) is 0 Å². The van der Waals surface area contributed by atoms with Gasteiger partial charge in [0.05, 0.1) is 25.1 Å². The number of hydrogen-bond acceptors (Lipinski definition) is 6. The van der Waals surface area contributed by atoms with Crippen LogP contribution in [0.1, 0.15) is 20.8 Å². The molecule has 1 saturated heterocycles. The number of ether oxygens (including phenoxy) is 2. The topological polar surface area (TPSA) is 84.9 Å². The molecule has 118 valence electrons. The van der Waals surface area contributed by atoms with Crippen LogP contribution in [-0.4, -0.2) is 69.4 Å². The molecule has 20 heavy (non-hydrogen) atoms. The number of sulfonamides is 1. The van der Waals surface area contributed by atoms with Crippen LogP contribution < -0.4 is 5.32 Å². The van der Waals surface area contributed by atoms with Crippen LogP contribution in [0.4, 0.5) is 0 Å². The molecular formula is C12H24N2O5S. The maximum absolute atomic E-state index is 12.3. The van der Waals surface area contributed by atoms with E-state index in [9.17, 15) is 13.2 Å². The summed E-state index contributed by atoms with van der Waals surface area (Å²) in [5, 5.41) is 3.01. The molecule has 0 saturated carbocycles. The molecule has 8 heteroatoms. The lowest BCUT2D eigenvalue weighted by Gasteiger charge is -2.33. The summed E-state index contributed by atoms with van der Waals surface area (Å²) in [6.45, 7) is 6.83. The number of piperazine rings is 1. The highest BCUT2D eigenvalue weighted by molar-refractivity contribution is 7.89. The van der Waals surface area contributed by atoms with E-state index in [4.69, 9.17) is 9.47 Å². The molecule has 0 radical (unpaired) electrons. The van der Waals surface area contributed by atoms with Crippen LogP contribution in [0.3, 0.4) is 0 Å². The van der Waals surface area contributed by atoms with Gasteiger partial charge in [-0.1, -0.05) is 0 Å². The van der Waals surface area contributed by atoms with Gasteiger partial charge in [0.25, 0.3) is 0 Å². The van der Waals surface area contributed by atoms with Crippen molar-refractivity contribution >= 4 is 16.0 Å². The van der Waals surface area contributed by atoms with Crippen molar-refractivity contribution in [3.05, 3.63) is 0 Å². The molecule has 1 rings (SSSR count).